The summed E-state index contributed by atoms with van der Waals surface area (Å²) >= 11 is 0. The van der Waals surface area contributed by atoms with Gasteiger partial charge in [-0.05, 0) is 31.2 Å². The summed E-state index contributed by atoms with van der Waals surface area (Å²) in [5.74, 6) is 0.742. The van der Waals surface area contributed by atoms with E-state index in [9.17, 15) is 4.79 Å². The van der Waals surface area contributed by atoms with Gasteiger partial charge in [-0.25, -0.2) is 14.8 Å². The number of aromatic amines is 1. The number of carbonyl (C=O) groups is 1. The lowest BCUT2D eigenvalue weighted by molar-refractivity contribution is 0.194. The van der Waals surface area contributed by atoms with Crippen molar-refractivity contribution >= 4 is 22.8 Å². The number of fused-ring (bicyclic) bond motifs is 3. The molecule has 0 bridgehead atoms. The van der Waals surface area contributed by atoms with Gasteiger partial charge in [0.05, 0.1) is 11.7 Å². The third kappa shape index (κ3) is 2.37. The van der Waals surface area contributed by atoms with E-state index in [0.29, 0.717) is 17.9 Å². The Kier molecular flexibility index (Phi) is 3.62. The highest BCUT2D eigenvalue weighted by Gasteiger charge is 2.37. The molecule has 1 saturated heterocycles. The van der Waals surface area contributed by atoms with Crippen LogP contribution in [0.1, 0.15) is 44.2 Å². The van der Waals surface area contributed by atoms with Crippen LogP contribution in [0, 0.1) is 5.92 Å². The van der Waals surface area contributed by atoms with E-state index in [1.807, 2.05) is 23.4 Å². The highest BCUT2D eigenvalue weighted by atomic mass is 16.2. The van der Waals surface area contributed by atoms with Crippen LogP contribution in [0.3, 0.4) is 0 Å². The summed E-state index contributed by atoms with van der Waals surface area (Å²) in [6.45, 7) is 3.77. The van der Waals surface area contributed by atoms with Crippen molar-refractivity contribution in [2.75, 3.05) is 13.1 Å². The number of hydrogen-bond acceptors (Lipinski definition) is 3. The Morgan fingerprint density at radius 2 is 2.19 bits per heavy atom. The predicted molar refractivity (Wildman–Crippen MR) is 99.1 cm³/mol. The van der Waals surface area contributed by atoms with E-state index in [0.717, 1.165) is 49.2 Å². The van der Waals surface area contributed by atoms with Gasteiger partial charge >= 0.3 is 6.03 Å². The normalized spacial score (nSPS) is 23.7. The average molecular weight is 352 g/mol. The fourth-order valence-corrected chi connectivity index (χ4v) is 4.36. The molecule has 2 amide bonds. The maximum absolute atomic E-state index is 12.6. The summed E-state index contributed by atoms with van der Waals surface area (Å²) in [7, 11) is 0. The van der Waals surface area contributed by atoms with Gasteiger partial charge in [-0.1, -0.05) is 13.3 Å². The van der Waals surface area contributed by atoms with Gasteiger partial charge in [-0.3, -0.25) is 4.40 Å². The number of aromatic nitrogens is 4. The Hall–Kier alpha value is -2.57. The summed E-state index contributed by atoms with van der Waals surface area (Å²) in [4.78, 5) is 26.8. The highest BCUT2D eigenvalue weighted by molar-refractivity contribution is 5.76. The van der Waals surface area contributed by atoms with E-state index in [1.165, 1.54) is 12.1 Å². The van der Waals surface area contributed by atoms with Crippen LogP contribution >= 0.6 is 0 Å². The SMILES string of the molecule is CCC1CN(C(=O)NC2CCC2)CC1c1cnc2cnc3[nH]ccc3n12. The Bertz CT molecular complexity index is 955. The standard InChI is InChI=1S/C19H24N6O/c1-2-12-10-24(19(26)23-13-4-3-5-13)11-14(12)16-8-21-17-9-22-18-15(25(16)17)6-7-20-18/h6-9,12-14,20H,2-5,10-11H2,1H3,(H,23,26). The van der Waals surface area contributed by atoms with E-state index in [1.54, 1.807) is 6.20 Å². The topological polar surface area (TPSA) is 78.3 Å². The van der Waals surface area contributed by atoms with Crippen LogP contribution in [-0.4, -0.2) is 49.4 Å². The number of nitrogens with zero attached hydrogens (tertiary/aromatic N) is 4. The fraction of sp³-hybridized carbons (Fsp3) is 0.526. The van der Waals surface area contributed by atoms with Crippen LogP contribution < -0.4 is 5.32 Å². The number of imidazole rings is 1. The van der Waals surface area contributed by atoms with Crippen molar-refractivity contribution in [1.29, 1.82) is 0 Å². The molecule has 1 saturated carbocycles. The van der Waals surface area contributed by atoms with Crippen molar-refractivity contribution in [3.63, 3.8) is 0 Å². The quantitative estimate of drug-likeness (QED) is 0.761. The van der Waals surface area contributed by atoms with Gasteiger partial charge < -0.3 is 15.2 Å². The first-order valence-electron chi connectivity index (χ1n) is 9.59. The summed E-state index contributed by atoms with van der Waals surface area (Å²) < 4.78 is 2.19. The Balaban J connectivity index is 1.47. The minimum Gasteiger partial charge on any atom is -0.345 e. The van der Waals surface area contributed by atoms with E-state index < -0.39 is 0 Å². The van der Waals surface area contributed by atoms with Crippen molar-refractivity contribution in [3.8, 4) is 0 Å². The van der Waals surface area contributed by atoms with Crippen LogP contribution in [0.4, 0.5) is 4.79 Å². The van der Waals surface area contributed by atoms with Crippen molar-refractivity contribution in [1.82, 2.24) is 29.6 Å². The number of H-pyrrole nitrogens is 1. The molecule has 2 N–H and O–H groups in total. The molecule has 1 aliphatic heterocycles. The molecule has 2 unspecified atom stereocenters. The second kappa shape index (κ2) is 6.00. The zero-order valence-corrected chi connectivity index (χ0v) is 15.0. The number of amides is 2. The second-order valence-corrected chi connectivity index (χ2v) is 7.60. The molecular formula is C19H24N6O. The average Bonchev–Trinajstić information content (AvgIpc) is 3.32. The molecule has 2 atom stereocenters. The van der Waals surface area contributed by atoms with Crippen LogP contribution in [0.5, 0.6) is 0 Å². The molecule has 1 aliphatic carbocycles. The van der Waals surface area contributed by atoms with Gasteiger partial charge in [-0.15, -0.1) is 0 Å². The van der Waals surface area contributed by atoms with Gasteiger partial charge in [0, 0.05) is 43.1 Å². The molecule has 0 radical (unpaired) electrons. The Morgan fingerprint density at radius 3 is 2.96 bits per heavy atom. The molecule has 136 valence electrons. The van der Waals surface area contributed by atoms with E-state index in [2.05, 4.69) is 31.6 Å². The van der Waals surface area contributed by atoms with Crippen molar-refractivity contribution < 1.29 is 4.79 Å². The third-order valence-electron chi connectivity index (χ3n) is 6.14. The number of likely N-dealkylation sites (tertiary alicyclic amines) is 1. The molecule has 7 heteroatoms. The molecule has 0 spiro atoms. The summed E-state index contributed by atoms with van der Waals surface area (Å²) in [5.41, 5.74) is 3.95. The molecule has 7 nitrogen and oxygen atoms in total. The largest absolute Gasteiger partial charge is 0.345 e. The maximum atomic E-state index is 12.6. The van der Waals surface area contributed by atoms with Gasteiger partial charge in [0.2, 0.25) is 0 Å². The lowest BCUT2D eigenvalue weighted by atomic mass is 9.91. The van der Waals surface area contributed by atoms with Crippen LogP contribution in [0.2, 0.25) is 0 Å². The molecule has 3 aromatic heterocycles. The number of carbonyl (C=O) groups excluding carboxylic acids is 1. The molecule has 3 aromatic rings. The highest BCUT2D eigenvalue weighted by Crippen LogP contribution is 2.36. The van der Waals surface area contributed by atoms with Crippen LogP contribution in [0.25, 0.3) is 16.8 Å². The molecule has 0 aromatic carbocycles. The van der Waals surface area contributed by atoms with Crippen molar-refractivity contribution in [3.05, 3.63) is 30.4 Å². The smallest absolute Gasteiger partial charge is 0.317 e. The number of rotatable bonds is 3. The first-order chi connectivity index (χ1) is 12.7. The van der Waals surface area contributed by atoms with E-state index in [-0.39, 0.29) is 6.03 Å². The lowest BCUT2D eigenvalue weighted by Crippen LogP contribution is -2.46. The zero-order chi connectivity index (χ0) is 17.7. The minimum absolute atomic E-state index is 0.0953. The fourth-order valence-electron chi connectivity index (χ4n) is 4.36. The predicted octanol–water partition coefficient (Wildman–Crippen LogP) is 2.90. The van der Waals surface area contributed by atoms with E-state index >= 15 is 0 Å². The number of nitrogens with one attached hydrogen (secondary N) is 2. The molecular weight excluding hydrogens is 328 g/mol. The van der Waals surface area contributed by atoms with Crippen LogP contribution in [0.15, 0.2) is 24.7 Å². The first-order valence-corrected chi connectivity index (χ1v) is 9.59. The molecule has 4 heterocycles. The van der Waals surface area contributed by atoms with Gasteiger partial charge in [0.1, 0.15) is 0 Å². The molecule has 2 aliphatic rings. The first kappa shape index (κ1) is 15.7. The Morgan fingerprint density at radius 1 is 1.31 bits per heavy atom. The number of hydrogen-bond donors (Lipinski definition) is 2. The number of urea groups is 1. The summed E-state index contributed by atoms with van der Waals surface area (Å²) in [6.07, 6.45) is 10.2. The van der Waals surface area contributed by atoms with Crippen molar-refractivity contribution in [2.24, 2.45) is 5.92 Å². The summed E-state index contributed by atoms with van der Waals surface area (Å²) in [6, 6.07) is 2.51. The molecule has 26 heavy (non-hydrogen) atoms. The second-order valence-electron chi connectivity index (χ2n) is 7.60. The lowest BCUT2D eigenvalue weighted by Gasteiger charge is -2.29. The maximum Gasteiger partial charge on any atom is 0.317 e. The zero-order valence-electron chi connectivity index (χ0n) is 15.0. The van der Waals surface area contributed by atoms with Crippen LogP contribution in [-0.2, 0) is 0 Å². The van der Waals surface area contributed by atoms with Gasteiger partial charge in [0.25, 0.3) is 0 Å². The van der Waals surface area contributed by atoms with Gasteiger partial charge in [0.15, 0.2) is 11.3 Å². The monoisotopic (exact) mass is 352 g/mol. The Labute approximate surface area is 151 Å². The minimum atomic E-state index is 0.0953. The third-order valence-corrected chi connectivity index (χ3v) is 6.14. The molecule has 5 rings (SSSR count). The van der Waals surface area contributed by atoms with Crippen molar-refractivity contribution in [2.45, 2.75) is 44.6 Å². The summed E-state index contributed by atoms with van der Waals surface area (Å²) in [5, 5.41) is 3.18. The molecule has 2 fully saturated rings. The van der Waals surface area contributed by atoms with E-state index in [4.69, 9.17) is 0 Å². The van der Waals surface area contributed by atoms with Gasteiger partial charge in [-0.2, -0.15) is 0 Å².